The molecular formula is C18H11N9. The van der Waals surface area contributed by atoms with Crippen LogP contribution in [0.15, 0.2) is 67.5 Å². The smallest absolute Gasteiger partial charge is 0.155 e. The SMILES string of the molecule is c1cc2cc(-c3ccc4cc(-c5ccn6ncnc6c5)nn4n3)nn2cn1. The van der Waals surface area contributed by atoms with Gasteiger partial charge in [-0.15, -0.1) is 10.2 Å². The molecule has 0 atom stereocenters. The summed E-state index contributed by atoms with van der Waals surface area (Å²) in [5.41, 5.74) is 5.94. The number of hydrogen-bond acceptors (Lipinski definition) is 6. The van der Waals surface area contributed by atoms with E-state index in [0.717, 1.165) is 39.3 Å². The molecule has 0 amide bonds. The zero-order valence-corrected chi connectivity index (χ0v) is 13.9. The summed E-state index contributed by atoms with van der Waals surface area (Å²) in [7, 11) is 0. The van der Waals surface area contributed by atoms with Gasteiger partial charge in [0.2, 0.25) is 0 Å². The molecule has 6 aromatic heterocycles. The van der Waals surface area contributed by atoms with Crippen molar-refractivity contribution < 1.29 is 0 Å². The molecule has 6 heterocycles. The van der Waals surface area contributed by atoms with Crippen LogP contribution in [0.3, 0.4) is 0 Å². The minimum absolute atomic E-state index is 0.744. The molecule has 6 aromatic rings. The summed E-state index contributed by atoms with van der Waals surface area (Å²) in [4.78, 5) is 8.29. The summed E-state index contributed by atoms with van der Waals surface area (Å²) in [6.07, 6.45) is 6.81. The van der Waals surface area contributed by atoms with Crippen molar-refractivity contribution in [2.75, 3.05) is 0 Å². The molecule has 0 saturated heterocycles. The molecule has 27 heavy (non-hydrogen) atoms. The van der Waals surface area contributed by atoms with E-state index < -0.39 is 0 Å². The Kier molecular flexibility index (Phi) is 2.70. The topological polar surface area (TPSA) is 90.6 Å². The lowest BCUT2D eigenvalue weighted by molar-refractivity contribution is 0.803. The summed E-state index contributed by atoms with van der Waals surface area (Å²) in [6.45, 7) is 0. The molecular weight excluding hydrogens is 342 g/mol. The summed E-state index contributed by atoms with van der Waals surface area (Å²) in [5.74, 6) is 0. The number of rotatable bonds is 2. The van der Waals surface area contributed by atoms with E-state index in [2.05, 4.69) is 30.4 Å². The molecule has 0 N–H and O–H groups in total. The van der Waals surface area contributed by atoms with Crippen LogP contribution in [0.25, 0.3) is 39.3 Å². The fourth-order valence-electron chi connectivity index (χ4n) is 3.11. The van der Waals surface area contributed by atoms with E-state index in [1.165, 1.54) is 6.33 Å². The Bertz CT molecular complexity index is 1410. The molecule has 0 radical (unpaired) electrons. The Morgan fingerprint density at radius 2 is 1.67 bits per heavy atom. The number of hydrogen-bond donors (Lipinski definition) is 0. The second-order valence-electron chi connectivity index (χ2n) is 6.12. The molecule has 0 aliphatic carbocycles. The Labute approximate surface area is 151 Å². The lowest BCUT2D eigenvalue weighted by atomic mass is 10.2. The monoisotopic (exact) mass is 353 g/mol. The number of nitrogens with zero attached hydrogens (tertiary/aromatic N) is 9. The average Bonchev–Trinajstić information content (AvgIpc) is 3.42. The molecule has 0 aromatic carbocycles. The van der Waals surface area contributed by atoms with Crippen molar-refractivity contribution in [1.29, 1.82) is 0 Å². The van der Waals surface area contributed by atoms with Gasteiger partial charge >= 0.3 is 0 Å². The van der Waals surface area contributed by atoms with Crippen molar-refractivity contribution in [3.8, 4) is 22.6 Å². The molecule has 9 heteroatoms. The van der Waals surface area contributed by atoms with Gasteiger partial charge in [0, 0.05) is 18.0 Å². The number of fused-ring (bicyclic) bond motifs is 3. The van der Waals surface area contributed by atoms with Crippen molar-refractivity contribution >= 4 is 16.7 Å². The van der Waals surface area contributed by atoms with Crippen LogP contribution in [-0.4, -0.2) is 44.0 Å². The third kappa shape index (κ3) is 2.18. The van der Waals surface area contributed by atoms with E-state index in [9.17, 15) is 0 Å². The zero-order chi connectivity index (χ0) is 17.8. The quantitative estimate of drug-likeness (QED) is 0.474. The van der Waals surface area contributed by atoms with Gasteiger partial charge in [-0.2, -0.15) is 14.8 Å². The summed E-state index contributed by atoms with van der Waals surface area (Å²) < 4.78 is 5.07. The largest absolute Gasteiger partial charge is 0.245 e. The van der Waals surface area contributed by atoms with Crippen LogP contribution in [0.2, 0.25) is 0 Å². The number of aromatic nitrogens is 9. The van der Waals surface area contributed by atoms with E-state index in [0.29, 0.717) is 0 Å². The van der Waals surface area contributed by atoms with Gasteiger partial charge in [0.15, 0.2) is 5.65 Å². The van der Waals surface area contributed by atoms with Crippen LogP contribution in [0, 0.1) is 0 Å². The van der Waals surface area contributed by atoms with Gasteiger partial charge in [-0.3, -0.25) is 0 Å². The molecule has 6 rings (SSSR count). The summed E-state index contributed by atoms with van der Waals surface area (Å²) >= 11 is 0. The summed E-state index contributed by atoms with van der Waals surface area (Å²) in [6, 6.07) is 13.7. The van der Waals surface area contributed by atoms with E-state index in [-0.39, 0.29) is 0 Å². The minimum Gasteiger partial charge on any atom is -0.245 e. The lowest BCUT2D eigenvalue weighted by Gasteiger charge is -1.97. The van der Waals surface area contributed by atoms with Gasteiger partial charge in [0.05, 0.1) is 16.7 Å². The fourth-order valence-corrected chi connectivity index (χ4v) is 3.11. The van der Waals surface area contributed by atoms with Gasteiger partial charge in [-0.1, -0.05) is 0 Å². The fraction of sp³-hybridized carbons (Fsp3) is 0. The molecule has 0 bridgehead atoms. The van der Waals surface area contributed by atoms with Crippen molar-refractivity contribution in [3.63, 3.8) is 0 Å². The maximum atomic E-state index is 4.62. The van der Waals surface area contributed by atoms with Crippen LogP contribution < -0.4 is 0 Å². The van der Waals surface area contributed by atoms with E-state index in [4.69, 9.17) is 0 Å². The Morgan fingerprint density at radius 3 is 2.63 bits per heavy atom. The second-order valence-corrected chi connectivity index (χ2v) is 6.12. The zero-order valence-electron chi connectivity index (χ0n) is 13.9. The van der Waals surface area contributed by atoms with Crippen molar-refractivity contribution in [3.05, 3.63) is 67.5 Å². The van der Waals surface area contributed by atoms with Gasteiger partial charge in [0.25, 0.3) is 0 Å². The maximum Gasteiger partial charge on any atom is 0.155 e. The van der Waals surface area contributed by atoms with Crippen LogP contribution in [0.1, 0.15) is 0 Å². The highest BCUT2D eigenvalue weighted by Gasteiger charge is 2.10. The average molecular weight is 353 g/mol. The predicted molar refractivity (Wildman–Crippen MR) is 96.9 cm³/mol. The normalized spacial score (nSPS) is 11.7. The molecule has 0 unspecified atom stereocenters. The van der Waals surface area contributed by atoms with Gasteiger partial charge in [-0.05, 0) is 42.5 Å². The summed E-state index contributed by atoms with van der Waals surface area (Å²) in [5, 5.41) is 17.9. The lowest BCUT2D eigenvalue weighted by Crippen LogP contribution is -1.97. The highest BCUT2D eigenvalue weighted by atomic mass is 15.4. The Morgan fingerprint density at radius 1 is 0.741 bits per heavy atom. The first-order valence-electron chi connectivity index (χ1n) is 8.30. The van der Waals surface area contributed by atoms with Crippen molar-refractivity contribution in [1.82, 2.24) is 44.0 Å². The molecule has 9 nitrogen and oxygen atoms in total. The van der Waals surface area contributed by atoms with E-state index >= 15 is 0 Å². The second kappa shape index (κ2) is 5.18. The number of pyridine rings is 1. The molecule has 0 saturated carbocycles. The molecule has 0 fully saturated rings. The van der Waals surface area contributed by atoms with Gasteiger partial charge in [0.1, 0.15) is 24.0 Å². The van der Waals surface area contributed by atoms with Crippen molar-refractivity contribution in [2.24, 2.45) is 0 Å². The minimum atomic E-state index is 0.744. The first kappa shape index (κ1) is 14.1. The standard InChI is InChI=1S/C18H11N9/c1-2-15(17-8-13-3-5-19-11-26(13)22-17)23-27-14(1)9-16(24-27)12-4-6-25-18(7-12)20-10-21-25/h1-11H. The Hall–Kier alpha value is -4.14. The highest BCUT2D eigenvalue weighted by molar-refractivity contribution is 5.70. The Balaban J connectivity index is 1.46. The molecule has 0 aliphatic heterocycles. The van der Waals surface area contributed by atoms with Crippen LogP contribution in [0.4, 0.5) is 0 Å². The molecule has 128 valence electrons. The highest BCUT2D eigenvalue weighted by Crippen LogP contribution is 2.22. The maximum absolute atomic E-state index is 4.62. The predicted octanol–water partition coefficient (Wildman–Crippen LogP) is 2.15. The molecule has 0 aliphatic rings. The first-order valence-corrected chi connectivity index (χ1v) is 8.30. The van der Waals surface area contributed by atoms with Crippen LogP contribution >= 0.6 is 0 Å². The van der Waals surface area contributed by atoms with Crippen molar-refractivity contribution in [2.45, 2.75) is 0 Å². The van der Waals surface area contributed by atoms with Gasteiger partial charge in [-0.25, -0.2) is 19.0 Å². The van der Waals surface area contributed by atoms with E-state index in [1.807, 2.05) is 48.7 Å². The van der Waals surface area contributed by atoms with E-state index in [1.54, 1.807) is 26.2 Å². The van der Waals surface area contributed by atoms with Crippen LogP contribution in [-0.2, 0) is 0 Å². The third-order valence-electron chi connectivity index (χ3n) is 4.44. The first-order chi connectivity index (χ1) is 13.3. The van der Waals surface area contributed by atoms with Crippen LogP contribution in [0.5, 0.6) is 0 Å². The van der Waals surface area contributed by atoms with Gasteiger partial charge < -0.3 is 0 Å². The third-order valence-corrected chi connectivity index (χ3v) is 4.44. The molecule has 0 spiro atoms.